The zero-order valence-electron chi connectivity index (χ0n) is 10.2. The van der Waals surface area contributed by atoms with Gasteiger partial charge in [0.05, 0.1) is 0 Å². The standard InChI is InChI=1S/Na.3H3O4P.6H2O/c;3*1-5(2,3)4;;;;;;/h;3*(H3,1,2,3,4);6*1H2/q+1;;;;;;;;;/p-9. The molecule has 0 radical (unpaired) electrons. The number of phosphoric acid groups is 3. The van der Waals surface area contributed by atoms with Crippen LogP contribution in [0.25, 0.3) is 0 Å². The molecule has 0 rings (SSSR count). The molecule has 0 aromatic rings. The summed E-state index contributed by atoms with van der Waals surface area (Å²) < 4.78 is 25.6. The SMILES string of the molecule is O.O.O.O.O.O.O=P([O-])([O-])[O-].O=P([O-])([O-])[O-].O=P([O-])([O-])[O-].[Na+]. The molecule has 0 unspecified atom stereocenters. The van der Waals surface area contributed by atoms with Crippen molar-refractivity contribution < 1.29 is 120 Å². The molecule has 0 aliphatic rings. The Labute approximate surface area is 143 Å². The van der Waals surface area contributed by atoms with Crippen LogP contribution in [0.2, 0.25) is 0 Å². The van der Waals surface area contributed by atoms with E-state index in [1.54, 1.807) is 0 Å². The minimum Gasteiger partial charge on any atom is -0.822 e. The van der Waals surface area contributed by atoms with Crippen LogP contribution in [0.4, 0.5) is 0 Å². The third kappa shape index (κ3) is 7160. The van der Waals surface area contributed by atoms with Gasteiger partial charge in [-0.15, -0.1) is 0 Å². The number of hydrogen-bond acceptors (Lipinski definition) is 12. The van der Waals surface area contributed by atoms with E-state index in [2.05, 4.69) is 0 Å². The molecular formula is H12NaO18P3-8. The third-order valence-electron chi connectivity index (χ3n) is 0. The Morgan fingerprint density at radius 3 is 0.364 bits per heavy atom. The third-order valence-corrected chi connectivity index (χ3v) is 0. The minimum absolute atomic E-state index is 0. The van der Waals surface area contributed by atoms with Crippen molar-refractivity contribution >= 4 is 23.5 Å². The van der Waals surface area contributed by atoms with Crippen molar-refractivity contribution in [1.29, 1.82) is 0 Å². The van der Waals surface area contributed by atoms with Crippen LogP contribution in [0.3, 0.4) is 0 Å². The molecule has 144 valence electrons. The van der Waals surface area contributed by atoms with E-state index in [9.17, 15) is 0 Å². The summed E-state index contributed by atoms with van der Waals surface area (Å²) in [5.74, 6) is 0. The van der Waals surface area contributed by atoms with Gasteiger partial charge in [0.15, 0.2) is 0 Å². The summed E-state index contributed by atoms with van der Waals surface area (Å²) in [4.78, 5) is 76.9. The monoisotopic (exact) mass is 416 g/mol. The molecular weight excluding hydrogens is 404 g/mol. The molecule has 12 N–H and O–H groups in total. The molecule has 0 bridgehead atoms. The van der Waals surface area contributed by atoms with Crippen molar-refractivity contribution in [2.45, 2.75) is 0 Å². The normalized spacial score (nSPS) is 8.05. The second kappa shape index (κ2) is 27.0. The maximum absolute atomic E-state index is 8.55. The molecule has 0 saturated carbocycles. The summed E-state index contributed by atoms with van der Waals surface area (Å²) in [6.45, 7) is 0. The predicted molar refractivity (Wildman–Crippen MR) is 44.5 cm³/mol. The molecule has 0 aliphatic carbocycles. The topological polar surface area (TPSA) is 448 Å². The first-order valence-electron chi connectivity index (χ1n) is 2.19. The average molecular weight is 416 g/mol. The maximum Gasteiger partial charge on any atom is 1.00 e. The van der Waals surface area contributed by atoms with E-state index in [1.807, 2.05) is 0 Å². The van der Waals surface area contributed by atoms with Gasteiger partial charge < -0.3 is 90.6 Å². The summed E-state index contributed by atoms with van der Waals surface area (Å²) in [5.41, 5.74) is 0. The molecule has 18 nitrogen and oxygen atoms in total. The van der Waals surface area contributed by atoms with E-state index in [4.69, 9.17) is 57.7 Å². The van der Waals surface area contributed by atoms with Crippen LogP contribution in [0.5, 0.6) is 0 Å². The van der Waals surface area contributed by atoms with Gasteiger partial charge in [-0.1, -0.05) is 0 Å². The van der Waals surface area contributed by atoms with E-state index in [1.165, 1.54) is 0 Å². The number of rotatable bonds is 0. The Morgan fingerprint density at radius 1 is 0.364 bits per heavy atom. The largest absolute Gasteiger partial charge is 1.00 e. The van der Waals surface area contributed by atoms with Crippen molar-refractivity contribution in [2.24, 2.45) is 0 Å². The maximum atomic E-state index is 8.55. The first-order valence-corrected chi connectivity index (χ1v) is 6.57. The zero-order chi connectivity index (χ0) is 13.5. The van der Waals surface area contributed by atoms with Crippen LogP contribution < -0.4 is 73.6 Å². The Balaban J connectivity index is -0.0000000106. The number of hydrogen-bond donors (Lipinski definition) is 0. The average Bonchev–Trinajstić information content (AvgIpc) is 1.41. The van der Waals surface area contributed by atoms with Gasteiger partial charge in [0, 0.05) is 0 Å². The van der Waals surface area contributed by atoms with E-state index in [0.29, 0.717) is 0 Å². The Bertz CT molecular complexity index is 204. The molecule has 0 saturated heterocycles. The van der Waals surface area contributed by atoms with Crippen molar-refractivity contribution in [3.63, 3.8) is 0 Å². The zero-order valence-corrected chi connectivity index (χ0v) is 14.9. The predicted octanol–water partition coefficient (Wildman–Crippen LogP) is -16.4. The molecule has 0 fully saturated rings. The van der Waals surface area contributed by atoms with Crippen molar-refractivity contribution in [3.8, 4) is 0 Å². The molecule has 0 amide bonds. The summed E-state index contributed by atoms with van der Waals surface area (Å²) in [6.07, 6.45) is 0. The van der Waals surface area contributed by atoms with Crippen molar-refractivity contribution in [1.82, 2.24) is 0 Å². The Morgan fingerprint density at radius 2 is 0.364 bits per heavy atom. The Kier molecular flexibility index (Phi) is 80.6. The van der Waals surface area contributed by atoms with Gasteiger partial charge in [0.2, 0.25) is 0 Å². The molecule has 0 aliphatic heterocycles. The molecule has 0 aromatic carbocycles. The Hall–Kier alpha value is 1.09. The summed E-state index contributed by atoms with van der Waals surface area (Å²) in [7, 11) is -16.2. The van der Waals surface area contributed by atoms with Crippen LogP contribution in [-0.4, -0.2) is 32.9 Å². The van der Waals surface area contributed by atoms with Gasteiger partial charge in [0.25, 0.3) is 0 Å². The van der Waals surface area contributed by atoms with Gasteiger partial charge in [-0.25, -0.2) is 0 Å². The molecule has 0 atom stereocenters. The molecule has 22 heavy (non-hydrogen) atoms. The van der Waals surface area contributed by atoms with Crippen LogP contribution in [0, 0.1) is 0 Å². The van der Waals surface area contributed by atoms with E-state index >= 15 is 0 Å². The fourth-order valence-electron chi connectivity index (χ4n) is 0. The van der Waals surface area contributed by atoms with Crippen molar-refractivity contribution in [3.05, 3.63) is 0 Å². The quantitative estimate of drug-likeness (QED) is 0.262. The van der Waals surface area contributed by atoms with Gasteiger partial charge in [-0.05, 0) is 0 Å². The van der Waals surface area contributed by atoms with Crippen LogP contribution >= 0.6 is 23.5 Å². The van der Waals surface area contributed by atoms with E-state index in [-0.39, 0.29) is 62.4 Å². The van der Waals surface area contributed by atoms with Crippen LogP contribution in [0.1, 0.15) is 0 Å². The van der Waals surface area contributed by atoms with Gasteiger partial charge in [0.1, 0.15) is 0 Å². The van der Waals surface area contributed by atoms with Gasteiger partial charge in [-0.3, -0.25) is 0 Å². The smallest absolute Gasteiger partial charge is 0.822 e. The molecule has 0 heterocycles. The summed E-state index contributed by atoms with van der Waals surface area (Å²) in [6, 6.07) is 0. The second-order valence-electron chi connectivity index (χ2n) is 1.34. The second-order valence-corrected chi connectivity index (χ2v) is 4.02. The van der Waals surface area contributed by atoms with E-state index < -0.39 is 23.5 Å². The molecule has 22 heteroatoms. The molecule has 0 aromatic heterocycles. The van der Waals surface area contributed by atoms with Crippen LogP contribution in [0.15, 0.2) is 0 Å². The summed E-state index contributed by atoms with van der Waals surface area (Å²) >= 11 is 0. The fraction of sp³-hybridized carbons (Fsp3) is 0. The molecule has 0 spiro atoms. The van der Waals surface area contributed by atoms with Crippen LogP contribution in [-0.2, 0) is 13.7 Å². The fourth-order valence-corrected chi connectivity index (χ4v) is 0. The van der Waals surface area contributed by atoms with Gasteiger partial charge in [-0.2, -0.15) is 23.5 Å². The van der Waals surface area contributed by atoms with Crippen molar-refractivity contribution in [2.75, 3.05) is 0 Å². The first kappa shape index (κ1) is 65.8. The summed E-state index contributed by atoms with van der Waals surface area (Å²) in [5, 5.41) is 0. The minimum atomic E-state index is -5.39. The van der Waals surface area contributed by atoms with Gasteiger partial charge >= 0.3 is 29.6 Å². The van der Waals surface area contributed by atoms with E-state index in [0.717, 1.165) is 0 Å². The first-order chi connectivity index (χ1) is 6.00.